The minimum Gasteiger partial charge on any atom is -0.493 e. The lowest BCUT2D eigenvalue weighted by atomic mass is 10.0. The number of carbonyl (C=O) groups excluding carboxylic acids is 2. The predicted molar refractivity (Wildman–Crippen MR) is 107 cm³/mol. The highest BCUT2D eigenvalue weighted by atomic mass is 16.5. The molecule has 0 aliphatic carbocycles. The van der Waals surface area contributed by atoms with Crippen LogP contribution >= 0.6 is 0 Å². The second kappa shape index (κ2) is 8.65. The number of benzene rings is 1. The van der Waals surface area contributed by atoms with Gasteiger partial charge in [-0.15, -0.1) is 0 Å². The van der Waals surface area contributed by atoms with E-state index in [2.05, 4.69) is 23.8 Å². The largest absolute Gasteiger partial charge is 0.493 e. The maximum Gasteiger partial charge on any atom is 0.277 e. The highest BCUT2D eigenvalue weighted by Gasteiger charge is 2.41. The van der Waals surface area contributed by atoms with E-state index in [1.54, 1.807) is 26.4 Å². The van der Waals surface area contributed by atoms with Crippen LogP contribution < -0.4 is 9.47 Å². The molecule has 7 nitrogen and oxygen atoms in total. The summed E-state index contributed by atoms with van der Waals surface area (Å²) in [6.45, 7) is 5.67. The minimum absolute atomic E-state index is 0.187. The molecule has 2 aliphatic rings. The molecule has 0 atom stereocenters. The monoisotopic (exact) mass is 387 g/mol. The zero-order chi connectivity index (χ0) is 20.3. The third kappa shape index (κ3) is 3.71. The van der Waals surface area contributed by atoms with Crippen molar-refractivity contribution in [2.24, 2.45) is 0 Å². The van der Waals surface area contributed by atoms with Gasteiger partial charge in [0.15, 0.2) is 11.5 Å². The Morgan fingerprint density at radius 3 is 2.25 bits per heavy atom. The Morgan fingerprint density at radius 1 is 0.964 bits per heavy atom. The molecule has 7 heteroatoms. The summed E-state index contributed by atoms with van der Waals surface area (Å²) < 4.78 is 10.7. The van der Waals surface area contributed by atoms with Crippen LogP contribution in [0.5, 0.6) is 11.5 Å². The van der Waals surface area contributed by atoms with Crippen LogP contribution in [0.15, 0.2) is 23.9 Å². The molecule has 0 saturated carbocycles. The number of methoxy groups -OCH3 is 2. The Balaban J connectivity index is 2.05. The van der Waals surface area contributed by atoms with Gasteiger partial charge in [-0.2, -0.15) is 0 Å². The fourth-order valence-electron chi connectivity index (χ4n) is 3.66. The molecule has 0 unspecified atom stereocenters. The van der Waals surface area contributed by atoms with E-state index in [0.717, 1.165) is 39.0 Å². The van der Waals surface area contributed by atoms with Gasteiger partial charge in [0, 0.05) is 32.7 Å². The van der Waals surface area contributed by atoms with Gasteiger partial charge in [0.1, 0.15) is 5.70 Å². The molecule has 1 aromatic carbocycles. The van der Waals surface area contributed by atoms with Crippen LogP contribution in [0, 0.1) is 0 Å². The number of unbranched alkanes of at least 4 members (excludes halogenated alkanes) is 1. The molecule has 1 fully saturated rings. The molecule has 0 radical (unpaired) electrons. The van der Waals surface area contributed by atoms with Crippen LogP contribution in [0.25, 0.3) is 5.57 Å². The number of rotatable bonds is 7. The number of piperazine rings is 1. The Kier molecular flexibility index (Phi) is 6.24. The summed E-state index contributed by atoms with van der Waals surface area (Å²) >= 11 is 0. The van der Waals surface area contributed by atoms with Gasteiger partial charge in [0.2, 0.25) is 0 Å². The summed E-state index contributed by atoms with van der Waals surface area (Å²) in [4.78, 5) is 32.1. The zero-order valence-electron chi connectivity index (χ0n) is 17.2. The smallest absolute Gasteiger partial charge is 0.277 e. The van der Waals surface area contributed by atoms with Crippen molar-refractivity contribution in [3.05, 3.63) is 29.5 Å². The van der Waals surface area contributed by atoms with Crippen molar-refractivity contribution < 1.29 is 19.1 Å². The summed E-state index contributed by atoms with van der Waals surface area (Å²) in [6.07, 6.45) is 1.72. The van der Waals surface area contributed by atoms with E-state index in [9.17, 15) is 9.59 Å². The normalized spacial score (nSPS) is 18.3. The molecule has 3 rings (SSSR count). The minimum atomic E-state index is -0.223. The first kappa shape index (κ1) is 20.2. The molecule has 1 aromatic rings. The zero-order valence-corrected chi connectivity index (χ0v) is 17.2. The average Bonchev–Trinajstić information content (AvgIpc) is 2.96. The van der Waals surface area contributed by atoms with Gasteiger partial charge >= 0.3 is 0 Å². The summed E-state index contributed by atoms with van der Waals surface area (Å²) in [7, 11) is 5.20. The number of nitrogens with zero attached hydrogens (tertiary/aromatic N) is 3. The first-order valence-corrected chi connectivity index (χ1v) is 9.78. The van der Waals surface area contributed by atoms with Gasteiger partial charge in [0.05, 0.1) is 19.8 Å². The van der Waals surface area contributed by atoms with Crippen LogP contribution in [0.4, 0.5) is 0 Å². The topological polar surface area (TPSA) is 62.3 Å². The number of carbonyl (C=O) groups is 2. The van der Waals surface area contributed by atoms with E-state index >= 15 is 0 Å². The Labute approximate surface area is 166 Å². The maximum atomic E-state index is 13.2. The van der Waals surface area contributed by atoms with Crippen molar-refractivity contribution in [3.8, 4) is 11.5 Å². The number of likely N-dealkylation sites (N-methyl/N-ethyl adjacent to an activating group) is 1. The SMILES string of the molecule is CCCCN1C(=O)C(c2ccc(OC)c(OC)c2)=C(N2CCN(C)CC2)C1=O. The van der Waals surface area contributed by atoms with Crippen molar-refractivity contribution >= 4 is 17.4 Å². The molecule has 2 heterocycles. The first-order chi connectivity index (χ1) is 13.5. The van der Waals surface area contributed by atoms with E-state index < -0.39 is 0 Å². The average molecular weight is 387 g/mol. The number of hydrogen-bond donors (Lipinski definition) is 0. The molecule has 0 aromatic heterocycles. The molecule has 2 aliphatic heterocycles. The lowest BCUT2D eigenvalue weighted by molar-refractivity contribution is -0.137. The van der Waals surface area contributed by atoms with E-state index in [1.807, 2.05) is 6.07 Å². The van der Waals surface area contributed by atoms with Gasteiger partial charge in [-0.1, -0.05) is 19.4 Å². The molecule has 2 amide bonds. The Bertz CT molecular complexity index is 782. The fourth-order valence-corrected chi connectivity index (χ4v) is 3.66. The van der Waals surface area contributed by atoms with Gasteiger partial charge in [-0.25, -0.2) is 0 Å². The third-order valence-corrected chi connectivity index (χ3v) is 5.37. The Hall–Kier alpha value is -2.54. The highest BCUT2D eigenvalue weighted by molar-refractivity contribution is 6.35. The fraction of sp³-hybridized carbons (Fsp3) is 0.524. The van der Waals surface area contributed by atoms with Crippen LogP contribution in [0.2, 0.25) is 0 Å². The molecular weight excluding hydrogens is 358 g/mol. The summed E-state index contributed by atoms with van der Waals surface area (Å²) in [6, 6.07) is 5.37. The quantitative estimate of drug-likeness (QED) is 0.666. The van der Waals surface area contributed by atoms with Crippen molar-refractivity contribution in [3.63, 3.8) is 0 Å². The molecule has 28 heavy (non-hydrogen) atoms. The van der Waals surface area contributed by atoms with E-state index in [4.69, 9.17) is 9.47 Å². The van der Waals surface area contributed by atoms with Crippen LogP contribution in [-0.4, -0.2) is 80.5 Å². The van der Waals surface area contributed by atoms with Gasteiger partial charge < -0.3 is 19.3 Å². The van der Waals surface area contributed by atoms with Crippen molar-refractivity contribution in [1.29, 1.82) is 0 Å². The number of hydrogen-bond acceptors (Lipinski definition) is 6. The van der Waals surface area contributed by atoms with Gasteiger partial charge in [-0.05, 0) is 31.2 Å². The van der Waals surface area contributed by atoms with Gasteiger partial charge in [0.25, 0.3) is 11.8 Å². The summed E-state index contributed by atoms with van der Waals surface area (Å²) in [5, 5.41) is 0. The van der Waals surface area contributed by atoms with Crippen molar-refractivity contribution in [2.75, 3.05) is 54.0 Å². The molecule has 0 N–H and O–H groups in total. The number of ether oxygens (including phenoxy) is 2. The van der Waals surface area contributed by atoms with Crippen LogP contribution in [0.3, 0.4) is 0 Å². The van der Waals surface area contributed by atoms with E-state index in [0.29, 0.717) is 34.9 Å². The number of imide groups is 1. The molecular formula is C21H29N3O4. The maximum absolute atomic E-state index is 13.2. The van der Waals surface area contributed by atoms with Gasteiger partial charge in [-0.3, -0.25) is 14.5 Å². The third-order valence-electron chi connectivity index (χ3n) is 5.37. The van der Waals surface area contributed by atoms with Crippen LogP contribution in [-0.2, 0) is 9.59 Å². The summed E-state index contributed by atoms with van der Waals surface area (Å²) in [5.41, 5.74) is 1.66. The van der Waals surface area contributed by atoms with E-state index in [1.165, 1.54) is 4.90 Å². The molecule has 152 valence electrons. The second-order valence-corrected chi connectivity index (χ2v) is 7.20. The second-order valence-electron chi connectivity index (χ2n) is 7.20. The first-order valence-electron chi connectivity index (χ1n) is 9.78. The predicted octanol–water partition coefficient (Wildman–Crippen LogP) is 1.83. The standard InChI is InChI=1S/C21H29N3O4/c1-5-6-9-24-20(25)18(15-7-8-16(27-3)17(14-15)28-4)19(21(24)26)23-12-10-22(2)11-13-23/h7-8,14H,5-6,9-13H2,1-4H3. The van der Waals surface area contributed by atoms with E-state index in [-0.39, 0.29) is 11.8 Å². The van der Waals surface area contributed by atoms with Crippen molar-refractivity contribution in [1.82, 2.24) is 14.7 Å². The molecule has 0 spiro atoms. The van der Waals surface area contributed by atoms with Crippen LogP contribution in [0.1, 0.15) is 25.3 Å². The molecule has 1 saturated heterocycles. The lowest BCUT2D eigenvalue weighted by Crippen LogP contribution is -2.46. The molecule has 0 bridgehead atoms. The summed E-state index contributed by atoms with van der Waals surface area (Å²) in [5.74, 6) is 0.720. The highest BCUT2D eigenvalue weighted by Crippen LogP contribution is 2.36. The Morgan fingerprint density at radius 2 is 1.64 bits per heavy atom. The van der Waals surface area contributed by atoms with Crippen molar-refractivity contribution in [2.45, 2.75) is 19.8 Å². The number of amides is 2. The lowest BCUT2D eigenvalue weighted by Gasteiger charge is -2.34.